The second-order valence-corrected chi connectivity index (χ2v) is 8.90. The van der Waals surface area contributed by atoms with Crippen LogP contribution in [0.2, 0.25) is 0 Å². The maximum absolute atomic E-state index is 5.43. The van der Waals surface area contributed by atoms with Crippen molar-refractivity contribution >= 4 is 48.8 Å². The van der Waals surface area contributed by atoms with Crippen LogP contribution in [0, 0.1) is 5.92 Å². The van der Waals surface area contributed by atoms with Crippen molar-refractivity contribution in [3.63, 3.8) is 0 Å². The molecule has 0 aromatic rings. The van der Waals surface area contributed by atoms with Crippen molar-refractivity contribution in [1.29, 1.82) is 0 Å². The molecule has 0 bridgehead atoms. The van der Waals surface area contributed by atoms with Crippen LogP contribution >= 0.6 is 48.8 Å². The Morgan fingerprint density at radius 2 is 1.59 bits per heavy atom. The molecule has 0 spiro atoms. The Morgan fingerprint density at radius 3 is 2.06 bits per heavy atom. The van der Waals surface area contributed by atoms with Gasteiger partial charge in [-0.05, 0) is 37.7 Å². The minimum Gasteiger partial charge on any atom is -0.343 e. The van der Waals surface area contributed by atoms with E-state index >= 15 is 0 Å². The molecule has 17 heavy (non-hydrogen) atoms. The summed E-state index contributed by atoms with van der Waals surface area (Å²) in [6, 6.07) is 0. The van der Waals surface area contributed by atoms with Crippen LogP contribution in [0.15, 0.2) is 0 Å². The maximum Gasteiger partial charge on any atom is 0.147 e. The molecule has 0 aliphatic carbocycles. The van der Waals surface area contributed by atoms with Crippen molar-refractivity contribution < 1.29 is 9.47 Å². The first-order valence-electron chi connectivity index (χ1n) is 5.85. The predicted molar refractivity (Wildman–Crippen MR) is 83.2 cm³/mol. The Kier molecular flexibility index (Phi) is 4.65. The molecule has 2 nitrogen and oxygen atoms in total. The lowest BCUT2D eigenvalue weighted by molar-refractivity contribution is 0.393. The maximum atomic E-state index is 5.43. The molecule has 2 heterocycles. The van der Waals surface area contributed by atoms with Crippen LogP contribution in [0.4, 0.5) is 0 Å². The molecule has 2 rings (SSSR count). The molecular formula is C11H20O2S4. The number of thiol groups is 2. The average Bonchev–Trinajstić information content (AvgIpc) is 3.04. The van der Waals surface area contributed by atoms with Crippen LogP contribution in [0.1, 0.15) is 27.2 Å². The van der Waals surface area contributed by atoms with Gasteiger partial charge >= 0.3 is 0 Å². The molecule has 5 atom stereocenters. The molecule has 0 N–H and O–H groups in total. The lowest BCUT2D eigenvalue weighted by Crippen LogP contribution is -2.09. The van der Waals surface area contributed by atoms with Crippen molar-refractivity contribution in [2.24, 2.45) is 5.92 Å². The van der Waals surface area contributed by atoms with Gasteiger partial charge in [0.2, 0.25) is 0 Å². The highest BCUT2D eigenvalue weighted by Gasteiger charge is 2.51. The summed E-state index contributed by atoms with van der Waals surface area (Å²) in [7, 11) is 0. The fourth-order valence-corrected chi connectivity index (χ4v) is 4.79. The SMILES string of the molecule is CC(CCSC1(C)OC1S)CSC1(C)OC1S. The van der Waals surface area contributed by atoms with Crippen LogP contribution in [0.25, 0.3) is 0 Å². The zero-order chi connectivity index (χ0) is 12.7. The number of hydrogen-bond acceptors (Lipinski definition) is 6. The van der Waals surface area contributed by atoms with Gasteiger partial charge in [-0.3, -0.25) is 0 Å². The van der Waals surface area contributed by atoms with Crippen LogP contribution in [0.5, 0.6) is 0 Å². The average molecular weight is 313 g/mol. The van der Waals surface area contributed by atoms with Crippen molar-refractivity contribution in [3.05, 3.63) is 0 Å². The third-order valence-corrected chi connectivity index (χ3v) is 7.62. The number of ether oxygens (including phenoxy) is 2. The van der Waals surface area contributed by atoms with Crippen LogP contribution < -0.4 is 0 Å². The minimum atomic E-state index is -0.0354. The molecule has 0 aromatic carbocycles. The first kappa shape index (κ1) is 14.7. The smallest absolute Gasteiger partial charge is 0.147 e. The van der Waals surface area contributed by atoms with E-state index in [4.69, 9.17) is 9.47 Å². The molecule has 2 fully saturated rings. The summed E-state index contributed by atoms with van der Waals surface area (Å²) in [5.41, 5.74) is 0.249. The number of thioether (sulfide) groups is 2. The molecule has 100 valence electrons. The van der Waals surface area contributed by atoms with Gasteiger partial charge in [0.05, 0.1) is 0 Å². The molecule has 2 aliphatic heterocycles. The summed E-state index contributed by atoms with van der Waals surface area (Å²) >= 11 is 12.4. The molecule has 2 saturated heterocycles. The van der Waals surface area contributed by atoms with Crippen LogP contribution in [-0.2, 0) is 9.47 Å². The molecule has 5 unspecified atom stereocenters. The van der Waals surface area contributed by atoms with E-state index in [0.29, 0.717) is 5.92 Å². The van der Waals surface area contributed by atoms with E-state index in [1.54, 1.807) is 0 Å². The summed E-state index contributed by atoms with van der Waals surface area (Å²) in [6.45, 7) is 6.52. The topological polar surface area (TPSA) is 25.1 Å². The van der Waals surface area contributed by atoms with Gasteiger partial charge in [0.25, 0.3) is 0 Å². The predicted octanol–water partition coefficient (Wildman–Crippen LogP) is 3.48. The number of epoxide rings is 2. The quantitative estimate of drug-likeness (QED) is 0.555. The molecule has 0 radical (unpaired) electrons. The van der Waals surface area contributed by atoms with E-state index in [2.05, 4.69) is 46.0 Å². The van der Waals surface area contributed by atoms with Crippen molar-refractivity contribution in [1.82, 2.24) is 0 Å². The first-order chi connectivity index (χ1) is 7.86. The molecule has 0 amide bonds. The monoisotopic (exact) mass is 312 g/mol. The minimum absolute atomic E-state index is 0.0300. The van der Waals surface area contributed by atoms with E-state index in [9.17, 15) is 0 Å². The Hall–Kier alpha value is 1.32. The molecular weight excluding hydrogens is 292 g/mol. The second-order valence-electron chi connectivity index (χ2n) is 5.03. The Morgan fingerprint density at radius 1 is 1.12 bits per heavy atom. The highest BCUT2D eigenvalue weighted by Crippen LogP contribution is 2.50. The summed E-state index contributed by atoms with van der Waals surface area (Å²) in [5, 5.41) is 0. The number of rotatable bonds is 7. The van der Waals surface area contributed by atoms with Crippen molar-refractivity contribution in [3.8, 4) is 0 Å². The van der Waals surface area contributed by atoms with Crippen molar-refractivity contribution in [2.75, 3.05) is 11.5 Å². The van der Waals surface area contributed by atoms with Gasteiger partial charge in [-0.15, -0.1) is 48.8 Å². The second kappa shape index (κ2) is 5.37. The van der Waals surface area contributed by atoms with Gasteiger partial charge < -0.3 is 9.47 Å². The fraction of sp³-hybridized carbons (Fsp3) is 1.00. The van der Waals surface area contributed by atoms with Gasteiger partial charge in [0.15, 0.2) is 0 Å². The summed E-state index contributed by atoms with van der Waals surface area (Å²) in [5.74, 6) is 2.97. The van der Waals surface area contributed by atoms with Crippen LogP contribution in [-0.4, -0.2) is 32.2 Å². The molecule has 6 heteroatoms. The normalized spacial score (nSPS) is 45.7. The van der Waals surface area contributed by atoms with E-state index < -0.39 is 0 Å². The Bertz CT molecular complexity index is 291. The highest BCUT2D eigenvalue weighted by atomic mass is 32.2. The van der Waals surface area contributed by atoms with E-state index in [0.717, 1.165) is 11.5 Å². The van der Waals surface area contributed by atoms with Gasteiger partial charge in [0.1, 0.15) is 20.7 Å². The lowest BCUT2D eigenvalue weighted by Gasteiger charge is -2.13. The lowest BCUT2D eigenvalue weighted by atomic mass is 10.2. The largest absolute Gasteiger partial charge is 0.343 e. The van der Waals surface area contributed by atoms with Gasteiger partial charge in [-0.25, -0.2) is 0 Å². The van der Waals surface area contributed by atoms with Crippen LogP contribution in [0.3, 0.4) is 0 Å². The first-order valence-corrected chi connectivity index (χ1v) is 8.86. The molecule has 2 aliphatic rings. The Labute approximate surface area is 123 Å². The van der Waals surface area contributed by atoms with Crippen molar-refractivity contribution in [2.45, 2.75) is 47.9 Å². The fourth-order valence-electron chi connectivity index (χ4n) is 1.44. The molecule has 0 saturated carbocycles. The van der Waals surface area contributed by atoms with Gasteiger partial charge in [0, 0.05) is 0 Å². The van der Waals surface area contributed by atoms with Gasteiger partial charge in [-0.2, -0.15) is 0 Å². The Balaban J connectivity index is 1.54. The van der Waals surface area contributed by atoms with E-state index in [1.165, 1.54) is 6.42 Å². The highest BCUT2D eigenvalue weighted by molar-refractivity contribution is 8.02. The zero-order valence-corrected chi connectivity index (χ0v) is 13.8. The third kappa shape index (κ3) is 3.89. The van der Waals surface area contributed by atoms with E-state index in [-0.39, 0.29) is 20.7 Å². The summed E-state index contributed by atoms with van der Waals surface area (Å²) < 4.78 is 10.8. The standard InChI is InChI=1S/C11H20O2S4/c1-7(6-17-11(3)9(15)13-11)4-5-16-10(2)8(14)12-10/h7-9,14-15H,4-6H2,1-3H3. The van der Waals surface area contributed by atoms with E-state index in [1.807, 2.05) is 23.5 Å². The summed E-state index contributed by atoms with van der Waals surface area (Å²) in [4.78, 5) is -0.0654. The van der Waals surface area contributed by atoms with Gasteiger partial charge in [-0.1, -0.05) is 6.92 Å². The zero-order valence-electron chi connectivity index (χ0n) is 10.4. The molecule has 0 aromatic heterocycles. The third-order valence-electron chi connectivity index (χ3n) is 3.13. The summed E-state index contributed by atoms with van der Waals surface area (Å²) in [6.07, 6.45) is 1.21. The number of hydrogen-bond donors (Lipinski definition) is 2.